The fourth-order valence-corrected chi connectivity index (χ4v) is 2.89. The number of rotatable bonds is 7. The van der Waals surface area contributed by atoms with Crippen LogP contribution in [0.5, 0.6) is 23.0 Å². The Balaban J connectivity index is 1.86. The highest BCUT2D eigenvalue weighted by atomic mass is 16.5. The molecule has 0 amide bonds. The van der Waals surface area contributed by atoms with Crippen LogP contribution in [0.2, 0.25) is 0 Å². The Kier molecular flexibility index (Phi) is 6.96. The molecule has 3 aromatic rings. The number of carbonyl (C=O) groups is 1. The van der Waals surface area contributed by atoms with Crippen LogP contribution in [-0.4, -0.2) is 27.6 Å². The topological polar surface area (TPSA) is 54.0 Å². The molecule has 0 saturated carbocycles. The second-order valence-corrected chi connectivity index (χ2v) is 6.31. The van der Waals surface area contributed by atoms with Crippen LogP contribution in [0, 0.1) is 11.8 Å². The first-order chi connectivity index (χ1) is 14.7. The van der Waals surface area contributed by atoms with Crippen LogP contribution in [-0.2, 0) is 6.61 Å². The first-order valence-electron chi connectivity index (χ1n) is 9.26. The van der Waals surface area contributed by atoms with Crippen molar-refractivity contribution in [3.8, 4) is 34.8 Å². The van der Waals surface area contributed by atoms with E-state index in [1.165, 1.54) is 14.2 Å². The summed E-state index contributed by atoms with van der Waals surface area (Å²) in [5.41, 5.74) is 2.82. The Morgan fingerprint density at radius 3 is 2.23 bits per heavy atom. The van der Waals surface area contributed by atoms with Gasteiger partial charge >= 0.3 is 0 Å². The molecule has 5 nitrogen and oxygen atoms in total. The molecule has 0 aliphatic rings. The van der Waals surface area contributed by atoms with Crippen molar-refractivity contribution >= 4 is 6.29 Å². The molecule has 3 aromatic carbocycles. The van der Waals surface area contributed by atoms with Gasteiger partial charge in [0.2, 0.25) is 0 Å². The minimum absolute atomic E-state index is 0.442. The average Bonchev–Trinajstić information content (AvgIpc) is 2.81. The number of hydrogen-bond donors (Lipinski definition) is 0. The average molecular weight is 402 g/mol. The molecular formula is C25H22O5. The van der Waals surface area contributed by atoms with E-state index in [2.05, 4.69) is 11.8 Å². The van der Waals surface area contributed by atoms with Gasteiger partial charge in [0, 0.05) is 11.1 Å². The number of aldehydes is 1. The van der Waals surface area contributed by atoms with E-state index in [9.17, 15) is 4.79 Å². The standard InChI is InChI=1S/C25H22O5/c1-27-23-14-18(10-12-22(23)30-17-19-7-5-4-6-8-19)9-11-21-13-20(16-26)15-24(28-2)25(21)29-3/h4-8,10,12-16H,17H2,1-3H3. The molecule has 0 N–H and O–H groups in total. The highest BCUT2D eigenvalue weighted by Crippen LogP contribution is 2.32. The number of methoxy groups -OCH3 is 3. The van der Waals surface area contributed by atoms with E-state index < -0.39 is 0 Å². The summed E-state index contributed by atoms with van der Waals surface area (Å²) in [5, 5.41) is 0. The predicted molar refractivity (Wildman–Crippen MR) is 115 cm³/mol. The molecular weight excluding hydrogens is 380 g/mol. The third kappa shape index (κ3) is 4.92. The summed E-state index contributed by atoms with van der Waals surface area (Å²) < 4.78 is 22.0. The molecule has 0 radical (unpaired) electrons. The van der Waals surface area contributed by atoms with Gasteiger partial charge in [-0.3, -0.25) is 4.79 Å². The van der Waals surface area contributed by atoms with Gasteiger partial charge < -0.3 is 18.9 Å². The molecule has 0 fully saturated rings. The first kappa shape index (κ1) is 20.8. The molecule has 0 spiro atoms. The molecule has 0 atom stereocenters. The van der Waals surface area contributed by atoms with Gasteiger partial charge in [0.25, 0.3) is 0 Å². The van der Waals surface area contributed by atoms with E-state index in [0.717, 1.165) is 17.4 Å². The summed E-state index contributed by atoms with van der Waals surface area (Å²) in [6.07, 6.45) is 0.745. The fraction of sp³-hybridized carbons (Fsp3) is 0.160. The van der Waals surface area contributed by atoms with Gasteiger partial charge in [-0.25, -0.2) is 0 Å². The Bertz CT molecular complexity index is 1080. The summed E-state index contributed by atoms with van der Waals surface area (Å²) >= 11 is 0. The first-order valence-corrected chi connectivity index (χ1v) is 9.26. The van der Waals surface area contributed by atoms with E-state index in [1.54, 1.807) is 25.3 Å². The Hall–Kier alpha value is -3.91. The van der Waals surface area contributed by atoms with Crippen LogP contribution >= 0.6 is 0 Å². The summed E-state index contributed by atoms with van der Waals surface area (Å²) in [6, 6.07) is 18.7. The summed E-state index contributed by atoms with van der Waals surface area (Å²) in [5.74, 6) is 8.28. The molecule has 0 heterocycles. The molecule has 3 rings (SSSR count). The van der Waals surface area contributed by atoms with Crippen molar-refractivity contribution in [1.82, 2.24) is 0 Å². The van der Waals surface area contributed by atoms with Crippen LogP contribution in [0.1, 0.15) is 27.0 Å². The highest BCUT2D eigenvalue weighted by Gasteiger charge is 2.11. The molecule has 152 valence electrons. The maximum absolute atomic E-state index is 11.2. The number of carbonyl (C=O) groups excluding carboxylic acids is 1. The second kappa shape index (κ2) is 10.0. The van der Waals surface area contributed by atoms with Crippen LogP contribution in [0.15, 0.2) is 60.7 Å². The maximum atomic E-state index is 11.2. The Morgan fingerprint density at radius 2 is 1.57 bits per heavy atom. The van der Waals surface area contributed by atoms with Crippen molar-refractivity contribution in [2.45, 2.75) is 6.61 Å². The van der Waals surface area contributed by atoms with Gasteiger partial charge in [0.1, 0.15) is 12.9 Å². The van der Waals surface area contributed by atoms with Gasteiger partial charge in [0.05, 0.1) is 26.9 Å². The summed E-state index contributed by atoms with van der Waals surface area (Å²) in [4.78, 5) is 11.2. The van der Waals surface area contributed by atoms with Crippen molar-refractivity contribution in [2.75, 3.05) is 21.3 Å². The predicted octanol–water partition coefficient (Wildman–Crippen LogP) is 4.50. The van der Waals surface area contributed by atoms with Crippen LogP contribution < -0.4 is 18.9 Å². The largest absolute Gasteiger partial charge is 0.493 e. The van der Waals surface area contributed by atoms with E-state index in [-0.39, 0.29) is 0 Å². The van der Waals surface area contributed by atoms with Gasteiger partial charge in [-0.1, -0.05) is 42.2 Å². The normalized spacial score (nSPS) is 9.83. The molecule has 0 unspecified atom stereocenters. The van der Waals surface area contributed by atoms with E-state index >= 15 is 0 Å². The Morgan fingerprint density at radius 1 is 0.800 bits per heavy atom. The molecule has 0 aliphatic carbocycles. The lowest BCUT2D eigenvalue weighted by molar-refractivity contribution is 0.112. The van der Waals surface area contributed by atoms with Crippen molar-refractivity contribution < 1.29 is 23.7 Å². The van der Waals surface area contributed by atoms with Crippen LogP contribution in [0.3, 0.4) is 0 Å². The lowest BCUT2D eigenvalue weighted by atomic mass is 10.1. The maximum Gasteiger partial charge on any atom is 0.176 e. The minimum atomic E-state index is 0.442. The quantitative estimate of drug-likeness (QED) is 0.430. The number of hydrogen-bond acceptors (Lipinski definition) is 5. The summed E-state index contributed by atoms with van der Waals surface area (Å²) in [6.45, 7) is 0.442. The molecule has 0 bridgehead atoms. The van der Waals surface area contributed by atoms with Crippen molar-refractivity contribution in [3.63, 3.8) is 0 Å². The minimum Gasteiger partial charge on any atom is -0.493 e. The van der Waals surface area contributed by atoms with E-state index in [4.69, 9.17) is 18.9 Å². The van der Waals surface area contributed by atoms with Gasteiger partial charge in [0.15, 0.2) is 23.0 Å². The number of benzene rings is 3. The third-order valence-corrected chi connectivity index (χ3v) is 4.38. The highest BCUT2D eigenvalue weighted by molar-refractivity contribution is 5.78. The van der Waals surface area contributed by atoms with Crippen LogP contribution in [0.4, 0.5) is 0 Å². The van der Waals surface area contributed by atoms with E-state index in [1.807, 2.05) is 42.5 Å². The number of ether oxygens (including phenoxy) is 4. The van der Waals surface area contributed by atoms with Crippen molar-refractivity contribution in [3.05, 3.63) is 82.9 Å². The Labute approximate surface area is 176 Å². The summed E-state index contributed by atoms with van der Waals surface area (Å²) in [7, 11) is 4.64. The van der Waals surface area contributed by atoms with Crippen molar-refractivity contribution in [2.24, 2.45) is 0 Å². The smallest absolute Gasteiger partial charge is 0.176 e. The lowest BCUT2D eigenvalue weighted by Gasteiger charge is -2.11. The van der Waals surface area contributed by atoms with Crippen LogP contribution in [0.25, 0.3) is 0 Å². The second-order valence-electron chi connectivity index (χ2n) is 6.31. The third-order valence-electron chi connectivity index (χ3n) is 4.38. The zero-order chi connectivity index (χ0) is 21.3. The zero-order valence-electron chi connectivity index (χ0n) is 17.1. The molecule has 0 saturated heterocycles. The van der Waals surface area contributed by atoms with Gasteiger partial charge in [-0.15, -0.1) is 0 Å². The van der Waals surface area contributed by atoms with Crippen molar-refractivity contribution in [1.29, 1.82) is 0 Å². The SMILES string of the molecule is COc1cc(C#Cc2cc(C=O)cc(OC)c2OC)ccc1OCc1ccccc1. The molecule has 0 aliphatic heterocycles. The monoisotopic (exact) mass is 402 g/mol. The lowest BCUT2D eigenvalue weighted by Crippen LogP contribution is -1.98. The molecule has 30 heavy (non-hydrogen) atoms. The molecule has 0 aromatic heterocycles. The fourth-order valence-electron chi connectivity index (χ4n) is 2.89. The zero-order valence-corrected chi connectivity index (χ0v) is 17.1. The van der Waals surface area contributed by atoms with E-state index in [0.29, 0.717) is 40.7 Å². The molecule has 5 heteroatoms. The van der Waals surface area contributed by atoms with Gasteiger partial charge in [-0.05, 0) is 35.9 Å². The van der Waals surface area contributed by atoms with Gasteiger partial charge in [-0.2, -0.15) is 0 Å².